The summed E-state index contributed by atoms with van der Waals surface area (Å²) >= 11 is 1.87. The number of aromatic nitrogens is 1. The van der Waals surface area contributed by atoms with Crippen LogP contribution in [0.3, 0.4) is 0 Å². The van der Waals surface area contributed by atoms with E-state index >= 15 is 0 Å². The van der Waals surface area contributed by atoms with Gasteiger partial charge in [0.15, 0.2) is 0 Å². The second kappa shape index (κ2) is 7.51. The summed E-state index contributed by atoms with van der Waals surface area (Å²) in [6.45, 7) is 4.00. The molecule has 1 nitrogen and oxygen atoms in total. The molecule has 2 heteroatoms. The highest BCUT2D eigenvalue weighted by Gasteiger charge is 2.15. The van der Waals surface area contributed by atoms with E-state index in [-0.39, 0.29) is 0 Å². The Labute approximate surface area is 190 Å². The molecule has 2 aromatic heterocycles. The van der Waals surface area contributed by atoms with Crippen LogP contribution in [0.25, 0.3) is 63.9 Å². The predicted octanol–water partition coefficient (Wildman–Crippen LogP) is 9.54. The summed E-state index contributed by atoms with van der Waals surface area (Å²) in [5.41, 5.74) is 4.97. The van der Waals surface area contributed by atoms with E-state index < -0.39 is 0 Å². The maximum absolute atomic E-state index is 3.75. The fraction of sp³-hybridized carbons (Fsp3) is 0.0667. The summed E-state index contributed by atoms with van der Waals surface area (Å²) in [5, 5.41) is 7.81. The van der Waals surface area contributed by atoms with Gasteiger partial charge in [0.1, 0.15) is 0 Å². The number of nitrogens with one attached hydrogen (secondary N) is 1. The summed E-state index contributed by atoms with van der Waals surface area (Å²) in [7, 11) is 0. The van der Waals surface area contributed by atoms with Crippen LogP contribution in [-0.2, 0) is 0 Å². The lowest BCUT2D eigenvalue weighted by molar-refractivity contribution is 1.50. The molecule has 0 amide bonds. The topological polar surface area (TPSA) is 15.8 Å². The maximum Gasteiger partial charge on any atom is 0.0544 e. The Kier molecular flexibility index (Phi) is 4.48. The summed E-state index contributed by atoms with van der Waals surface area (Å²) in [6, 6.07) is 35.3. The first kappa shape index (κ1) is 19.1. The smallest absolute Gasteiger partial charge is 0.0544 e. The molecule has 0 fully saturated rings. The van der Waals surface area contributed by atoms with Gasteiger partial charge in [0.2, 0.25) is 0 Å². The molecule has 7 rings (SSSR count). The van der Waals surface area contributed by atoms with Crippen molar-refractivity contribution in [3.8, 4) is 11.1 Å². The van der Waals surface area contributed by atoms with Gasteiger partial charge in [-0.3, -0.25) is 0 Å². The van der Waals surface area contributed by atoms with E-state index in [1.807, 2.05) is 25.2 Å². The van der Waals surface area contributed by atoms with E-state index in [1.54, 1.807) is 0 Å². The largest absolute Gasteiger partial charge is 0.354 e. The van der Waals surface area contributed by atoms with Crippen molar-refractivity contribution < 1.29 is 0 Å². The summed E-state index contributed by atoms with van der Waals surface area (Å²) in [4.78, 5) is 3.75. The Morgan fingerprint density at radius 3 is 2.09 bits per heavy atom. The molecule has 0 aliphatic carbocycles. The molecule has 0 unspecified atom stereocenters. The van der Waals surface area contributed by atoms with Crippen molar-refractivity contribution in [1.82, 2.24) is 4.98 Å². The number of benzene rings is 5. The van der Waals surface area contributed by atoms with Gasteiger partial charge in [-0.05, 0) is 40.6 Å². The van der Waals surface area contributed by atoms with Gasteiger partial charge in [0.05, 0.1) is 5.52 Å². The molecule has 32 heavy (non-hydrogen) atoms. The van der Waals surface area contributed by atoms with E-state index in [9.17, 15) is 0 Å². The summed E-state index contributed by atoms with van der Waals surface area (Å²) in [5.74, 6) is 0. The molecular weight excluding hydrogens is 406 g/mol. The van der Waals surface area contributed by atoms with Gasteiger partial charge in [-0.25, -0.2) is 0 Å². The first-order chi connectivity index (χ1) is 15.9. The van der Waals surface area contributed by atoms with Gasteiger partial charge in [-0.2, -0.15) is 0 Å². The van der Waals surface area contributed by atoms with E-state index in [0.29, 0.717) is 0 Å². The van der Waals surface area contributed by atoms with E-state index in [2.05, 4.69) is 102 Å². The van der Waals surface area contributed by atoms with Crippen LogP contribution in [-0.4, -0.2) is 4.98 Å². The van der Waals surface area contributed by atoms with Crippen LogP contribution in [0.1, 0.15) is 13.8 Å². The number of thiophene rings is 1. The predicted molar refractivity (Wildman–Crippen MR) is 143 cm³/mol. The van der Waals surface area contributed by atoms with Crippen LogP contribution < -0.4 is 0 Å². The number of hydrogen-bond donors (Lipinski definition) is 1. The fourth-order valence-electron chi connectivity index (χ4n) is 4.84. The minimum Gasteiger partial charge on any atom is -0.354 e. The van der Waals surface area contributed by atoms with Crippen molar-refractivity contribution in [2.75, 3.05) is 0 Å². The normalized spacial score (nSPS) is 11.4. The van der Waals surface area contributed by atoms with Crippen molar-refractivity contribution in [1.29, 1.82) is 0 Å². The molecule has 154 valence electrons. The van der Waals surface area contributed by atoms with Gasteiger partial charge >= 0.3 is 0 Å². The Bertz CT molecular complexity index is 1750. The Morgan fingerprint density at radius 1 is 0.562 bits per heavy atom. The van der Waals surface area contributed by atoms with Crippen molar-refractivity contribution in [2.24, 2.45) is 0 Å². The first-order valence-corrected chi connectivity index (χ1v) is 12.0. The molecule has 0 radical (unpaired) electrons. The lowest BCUT2D eigenvalue weighted by atomic mass is 9.97. The minimum absolute atomic E-state index is 1.19. The SMILES string of the molecule is CC.c1ccc2cc3c(cc2c1)[nH]c1c(-c2cccc4sc5ccccc5c24)cccc13. The fourth-order valence-corrected chi connectivity index (χ4v) is 5.97. The third-order valence-electron chi connectivity index (χ3n) is 6.19. The Balaban J connectivity index is 0.000000953. The standard InChI is InChI=1S/C28H17NS.C2H6/c1-2-8-18-16-24-23(15-17(18)7-1)21-12-5-11-20(28(21)29-24)19-10-6-14-26-27(19)22-9-3-4-13-25(22)30-26;1-2/h1-16,29H;1-2H3. The molecule has 7 aromatic rings. The van der Waals surface area contributed by atoms with Gasteiger partial charge in [-0.1, -0.05) is 86.6 Å². The van der Waals surface area contributed by atoms with Crippen LogP contribution in [0.4, 0.5) is 0 Å². The molecule has 0 saturated carbocycles. The molecule has 1 N–H and O–H groups in total. The zero-order valence-electron chi connectivity index (χ0n) is 18.1. The van der Waals surface area contributed by atoms with Crippen LogP contribution in [0, 0.1) is 0 Å². The van der Waals surface area contributed by atoms with Crippen LogP contribution in [0.2, 0.25) is 0 Å². The van der Waals surface area contributed by atoms with E-state index in [0.717, 1.165) is 0 Å². The second-order valence-corrected chi connectivity index (χ2v) is 8.96. The lowest BCUT2D eigenvalue weighted by Crippen LogP contribution is -1.82. The zero-order valence-corrected chi connectivity index (χ0v) is 19.0. The summed E-state index contributed by atoms with van der Waals surface area (Å²) < 4.78 is 2.68. The highest BCUT2D eigenvalue weighted by atomic mass is 32.1. The first-order valence-electron chi connectivity index (χ1n) is 11.2. The van der Waals surface area contributed by atoms with E-state index in [4.69, 9.17) is 0 Å². The van der Waals surface area contributed by atoms with Gasteiger partial charge < -0.3 is 4.98 Å². The molecule has 0 saturated heterocycles. The van der Waals surface area contributed by atoms with Gasteiger partial charge in [0.25, 0.3) is 0 Å². The summed E-state index contributed by atoms with van der Waals surface area (Å²) in [6.07, 6.45) is 0. The minimum atomic E-state index is 1.19. The molecule has 0 atom stereocenters. The Morgan fingerprint density at radius 2 is 1.22 bits per heavy atom. The number of rotatable bonds is 1. The Hall–Kier alpha value is -3.62. The van der Waals surface area contributed by atoms with Crippen molar-refractivity contribution in [3.63, 3.8) is 0 Å². The highest BCUT2D eigenvalue weighted by molar-refractivity contribution is 7.25. The van der Waals surface area contributed by atoms with E-state index in [1.165, 1.54) is 63.9 Å². The van der Waals surface area contributed by atoms with Gasteiger partial charge in [-0.15, -0.1) is 11.3 Å². The molecule has 5 aromatic carbocycles. The third-order valence-corrected chi connectivity index (χ3v) is 7.33. The monoisotopic (exact) mass is 429 g/mol. The number of aromatic amines is 1. The molecule has 0 aliphatic heterocycles. The number of H-pyrrole nitrogens is 1. The lowest BCUT2D eigenvalue weighted by Gasteiger charge is -2.07. The maximum atomic E-state index is 3.75. The van der Waals surface area contributed by atoms with Crippen molar-refractivity contribution in [3.05, 3.63) is 97.1 Å². The third kappa shape index (κ3) is 2.77. The average Bonchev–Trinajstić information content (AvgIpc) is 3.41. The highest BCUT2D eigenvalue weighted by Crippen LogP contribution is 2.42. The number of hydrogen-bond acceptors (Lipinski definition) is 1. The quantitative estimate of drug-likeness (QED) is 0.267. The van der Waals surface area contributed by atoms with Crippen LogP contribution >= 0.6 is 11.3 Å². The number of fused-ring (bicyclic) bond motifs is 7. The van der Waals surface area contributed by atoms with Crippen molar-refractivity contribution >= 4 is 64.1 Å². The molecule has 0 spiro atoms. The molecule has 2 heterocycles. The van der Waals surface area contributed by atoms with Gasteiger partial charge in [0, 0.05) is 42.0 Å². The molecular formula is C30H23NS. The van der Waals surface area contributed by atoms with Crippen LogP contribution in [0.5, 0.6) is 0 Å². The molecule has 0 bridgehead atoms. The zero-order chi connectivity index (χ0) is 21.7. The molecule has 0 aliphatic rings. The second-order valence-electron chi connectivity index (χ2n) is 7.88. The number of para-hydroxylation sites is 1. The average molecular weight is 430 g/mol. The van der Waals surface area contributed by atoms with Crippen molar-refractivity contribution in [2.45, 2.75) is 13.8 Å². The van der Waals surface area contributed by atoms with Crippen LogP contribution in [0.15, 0.2) is 97.1 Å².